The van der Waals surface area contributed by atoms with Gasteiger partial charge in [-0.1, -0.05) is 165 Å². The fraction of sp³-hybridized carbons (Fsp3) is 0.0370. The number of pyridine rings is 1. The highest BCUT2D eigenvalue weighted by Crippen LogP contribution is 2.39. The topological polar surface area (TPSA) is 56.5 Å². The Balaban J connectivity index is 0.996. The molecule has 0 aliphatic rings. The Bertz CT molecular complexity index is 3330. The molecule has 0 unspecified atom stereocenters. The van der Waals surface area contributed by atoms with E-state index < -0.39 is 0 Å². The lowest BCUT2D eigenvalue weighted by Crippen LogP contribution is -1.99. The smallest absolute Gasteiger partial charge is 0.160 e. The van der Waals surface area contributed by atoms with Crippen molar-refractivity contribution in [2.45, 2.75) is 13.3 Å². The van der Waals surface area contributed by atoms with Gasteiger partial charge >= 0.3 is 0 Å². The standard InChI is InChI=1S/C54H37N5/c1-2-49-57-53-48(59(49)42-18-7-4-8-19-42)33-32-44-43-20-9-11-22-46(43)55-52(50(44)53)41-17-13-16-40(34-41)37-26-30-39(31-27-37)54-56-47-23-12-10-21-45(47)51(58-54)38-28-24-36(25-29-38)35-14-5-3-6-15-35/h3-34H,2H2,1H3. The van der Waals surface area contributed by atoms with E-state index in [9.17, 15) is 0 Å². The first-order valence-electron chi connectivity index (χ1n) is 20.1. The zero-order valence-electron chi connectivity index (χ0n) is 32.4. The molecular weight excluding hydrogens is 719 g/mol. The van der Waals surface area contributed by atoms with E-state index in [1.54, 1.807) is 0 Å². The molecule has 11 rings (SSSR count). The number of para-hydroxylation sites is 3. The first-order valence-corrected chi connectivity index (χ1v) is 20.1. The lowest BCUT2D eigenvalue weighted by Gasteiger charge is -2.13. The molecule has 11 aromatic rings. The minimum atomic E-state index is 0.698. The maximum atomic E-state index is 5.36. The van der Waals surface area contributed by atoms with Crippen molar-refractivity contribution in [1.82, 2.24) is 24.5 Å². The fourth-order valence-electron chi connectivity index (χ4n) is 8.48. The van der Waals surface area contributed by atoms with Crippen LogP contribution < -0.4 is 0 Å². The van der Waals surface area contributed by atoms with Gasteiger partial charge in [0.25, 0.3) is 0 Å². The monoisotopic (exact) mass is 755 g/mol. The molecule has 0 fully saturated rings. The Morgan fingerprint density at radius 2 is 0.966 bits per heavy atom. The quantitative estimate of drug-likeness (QED) is 0.152. The maximum Gasteiger partial charge on any atom is 0.160 e. The maximum absolute atomic E-state index is 5.36. The summed E-state index contributed by atoms with van der Waals surface area (Å²) in [5.41, 5.74) is 14.5. The molecule has 5 heteroatoms. The second-order valence-corrected chi connectivity index (χ2v) is 14.9. The lowest BCUT2D eigenvalue weighted by atomic mass is 9.96. The number of rotatable bonds is 7. The molecule has 8 aromatic carbocycles. The van der Waals surface area contributed by atoms with Crippen LogP contribution in [0.3, 0.4) is 0 Å². The summed E-state index contributed by atoms with van der Waals surface area (Å²) in [5, 5.41) is 4.37. The first kappa shape index (κ1) is 34.5. The first-order chi connectivity index (χ1) is 29.2. The van der Waals surface area contributed by atoms with E-state index in [1.807, 2.05) is 12.1 Å². The SMILES string of the molecule is CCc1nc2c3c(-c4cccc(-c5ccc(-c6nc(-c7ccc(-c8ccccc8)cc7)c7ccccc7n6)cc5)c4)nc4ccccc4c3ccc2n1-c1ccccc1. The molecule has 0 saturated carbocycles. The molecule has 3 aromatic heterocycles. The van der Waals surface area contributed by atoms with Crippen LogP contribution in [0.2, 0.25) is 0 Å². The molecule has 0 aliphatic carbocycles. The molecule has 5 nitrogen and oxygen atoms in total. The molecule has 0 aliphatic heterocycles. The Labute approximate surface area is 342 Å². The van der Waals surface area contributed by atoms with Crippen molar-refractivity contribution in [3.05, 3.63) is 200 Å². The van der Waals surface area contributed by atoms with E-state index in [2.05, 4.69) is 193 Å². The van der Waals surface area contributed by atoms with Gasteiger partial charge in [0.05, 0.1) is 33.5 Å². The van der Waals surface area contributed by atoms with Crippen LogP contribution in [-0.4, -0.2) is 24.5 Å². The van der Waals surface area contributed by atoms with E-state index in [1.165, 1.54) is 11.1 Å². The zero-order valence-corrected chi connectivity index (χ0v) is 32.4. The summed E-state index contributed by atoms with van der Waals surface area (Å²) < 4.78 is 2.29. The van der Waals surface area contributed by atoms with Gasteiger partial charge in [-0.05, 0) is 64.0 Å². The Kier molecular flexibility index (Phi) is 8.37. The third-order valence-electron chi connectivity index (χ3n) is 11.4. The largest absolute Gasteiger partial charge is 0.296 e. The van der Waals surface area contributed by atoms with Crippen LogP contribution in [0, 0.1) is 0 Å². The van der Waals surface area contributed by atoms with Gasteiger partial charge in [-0.3, -0.25) is 4.57 Å². The van der Waals surface area contributed by atoms with Gasteiger partial charge in [-0.25, -0.2) is 19.9 Å². The van der Waals surface area contributed by atoms with E-state index in [0.29, 0.717) is 5.82 Å². The number of benzene rings is 8. The minimum Gasteiger partial charge on any atom is -0.296 e. The van der Waals surface area contributed by atoms with Crippen LogP contribution in [0.25, 0.3) is 105 Å². The van der Waals surface area contributed by atoms with Gasteiger partial charge in [-0.15, -0.1) is 0 Å². The average Bonchev–Trinajstić information content (AvgIpc) is 3.71. The Morgan fingerprint density at radius 3 is 1.71 bits per heavy atom. The summed E-state index contributed by atoms with van der Waals surface area (Å²) in [6, 6.07) is 68.1. The van der Waals surface area contributed by atoms with Crippen LogP contribution >= 0.6 is 0 Å². The summed E-state index contributed by atoms with van der Waals surface area (Å²) in [4.78, 5) is 20.9. The van der Waals surface area contributed by atoms with E-state index >= 15 is 0 Å². The van der Waals surface area contributed by atoms with Crippen LogP contribution in [0.1, 0.15) is 12.7 Å². The molecule has 0 radical (unpaired) electrons. The van der Waals surface area contributed by atoms with E-state index in [0.717, 1.165) is 101 Å². The molecule has 0 amide bonds. The molecule has 0 saturated heterocycles. The van der Waals surface area contributed by atoms with Crippen molar-refractivity contribution in [1.29, 1.82) is 0 Å². The molecule has 0 spiro atoms. The third kappa shape index (κ3) is 6.03. The summed E-state index contributed by atoms with van der Waals surface area (Å²) in [5.74, 6) is 1.72. The number of aromatic nitrogens is 5. The number of hydrogen-bond acceptors (Lipinski definition) is 4. The van der Waals surface area contributed by atoms with Gasteiger partial charge in [-0.2, -0.15) is 0 Å². The van der Waals surface area contributed by atoms with Gasteiger partial charge in [0, 0.05) is 45.0 Å². The van der Waals surface area contributed by atoms with Crippen LogP contribution in [0.4, 0.5) is 0 Å². The van der Waals surface area contributed by atoms with Crippen LogP contribution in [0.15, 0.2) is 194 Å². The highest BCUT2D eigenvalue weighted by molar-refractivity contribution is 6.20. The summed E-state index contributed by atoms with van der Waals surface area (Å²) in [6.07, 6.45) is 0.806. The van der Waals surface area contributed by atoms with Crippen molar-refractivity contribution in [3.63, 3.8) is 0 Å². The number of imidazole rings is 1. The fourth-order valence-corrected chi connectivity index (χ4v) is 8.48. The summed E-state index contributed by atoms with van der Waals surface area (Å²) in [6.45, 7) is 2.17. The number of hydrogen-bond donors (Lipinski definition) is 0. The molecule has 59 heavy (non-hydrogen) atoms. The normalized spacial score (nSPS) is 11.5. The summed E-state index contributed by atoms with van der Waals surface area (Å²) >= 11 is 0. The zero-order chi connectivity index (χ0) is 39.3. The third-order valence-corrected chi connectivity index (χ3v) is 11.4. The van der Waals surface area contributed by atoms with Crippen molar-refractivity contribution >= 4 is 43.6 Å². The second-order valence-electron chi connectivity index (χ2n) is 14.9. The summed E-state index contributed by atoms with van der Waals surface area (Å²) in [7, 11) is 0. The molecule has 3 heterocycles. The van der Waals surface area contributed by atoms with Crippen molar-refractivity contribution in [3.8, 4) is 61.8 Å². The van der Waals surface area contributed by atoms with Gasteiger partial charge in [0.15, 0.2) is 5.82 Å². The van der Waals surface area contributed by atoms with Crippen molar-refractivity contribution < 1.29 is 0 Å². The van der Waals surface area contributed by atoms with E-state index in [-0.39, 0.29) is 0 Å². The number of aryl methyl sites for hydroxylation is 1. The molecule has 278 valence electrons. The Hall–Kier alpha value is -7.76. The molecular formula is C54H37N5. The van der Waals surface area contributed by atoms with Gasteiger partial charge < -0.3 is 0 Å². The van der Waals surface area contributed by atoms with Crippen LogP contribution in [0.5, 0.6) is 0 Å². The predicted octanol–water partition coefficient (Wildman–Crippen LogP) is 13.6. The molecule has 0 bridgehead atoms. The molecule has 0 atom stereocenters. The molecule has 0 N–H and O–H groups in total. The number of nitrogens with zero attached hydrogens (tertiary/aromatic N) is 5. The average molecular weight is 756 g/mol. The van der Waals surface area contributed by atoms with E-state index in [4.69, 9.17) is 19.9 Å². The Morgan fingerprint density at radius 1 is 0.390 bits per heavy atom. The highest BCUT2D eigenvalue weighted by Gasteiger charge is 2.20. The van der Waals surface area contributed by atoms with Crippen molar-refractivity contribution in [2.24, 2.45) is 0 Å². The van der Waals surface area contributed by atoms with Crippen molar-refractivity contribution in [2.75, 3.05) is 0 Å². The predicted molar refractivity (Wildman–Crippen MR) is 244 cm³/mol. The second kappa shape index (κ2) is 14.3. The van der Waals surface area contributed by atoms with Crippen LogP contribution in [-0.2, 0) is 6.42 Å². The van der Waals surface area contributed by atoms with Gasteiger partial charge in [0.2, 0.25) is 0 Å². The lowest BCUT2D eigenvalue weighted by molar-refractivity contribution is 0.908. The minimum absolute atomic E-state index is 0.698. The highest BCUT2D eigenvalue weighted by atomic mass is 15.1. The number of fused-ring (bicyclic) bond motifs is 6. The van der Waals surface area contributed by atoms with Gasteiger partial charge in [0.1, 0.15) is 5.82 Å².